The molecule has 0 aliphatic carbocycles. The van der Waals surface area contributed by atoms with Crippen LogP contribution in [-0.2, 0) is 0 Å². The van der Waals surface area contributed by atoms with Crippen molar-refractivity contribution in [3.8, 4) is 0 Å². The molecule has 0 aliphatic heterocycles. The van der Waals surface area contributed by atoms with Gasteiger partial charge in [-0.1, -0.05) is 0 Å². The van der Waals surface area contributed by atoms with E-state index in [-0.39, 0.29) is 5.91 Å². The van der Waals surface area contributed by atoms with Crippen molar-refractivity contribution in [3.63, 3.8) is 0 Å². The van der Waals surface area contributed by atoms with Crippen LogP contribution in [0.3, 0.4) is 0 Å². The number of carbonyl (C=O) groups excluding carboxylic acids is 2. The van der Waals surface area contributed by atoms with Crippen LogP contribution in [0.1, 0.15) is 20.0 Å². The second-order valence-corrected chi connectivity index (χ2v) is 3.52. The highest BCUT2D eigenvalue weighted by Crippen LogP contribution is 2.13. The van der Waals surface area contributed by atoms with Gasteiger partial charge in [0.1, 0.15) is 0 Å². The van der Waals surface area contributed by atoms with Crippen LogP contribution in [0, 0.1) is 0 Å². The Labute approximate surface area is 85.1 Å². The van der Waals surface area contributed by atoms with Crippen LogP contribution < -0.4 is 16.8 Å². The molecule has 6 heteroatoms. The molecule has 1 rings (SSSR count). The lowest BCUT2D eigenvalue weighted by Crippen LogP contribution is -2.28. The molecule has 2 amide bonds. The quantitative estimate of drug-likeness (QED) is 0.631. The summed E-state index contributed by atoms with van der Waals surface area (Å²) in [6.07, 6.45) is 0. The van der Waals surface area contributed by atoms with Crippen molar-refractivity contribution in [2.75, 3.05) is 13.1 Å². The Hall–Kier alpha value is -1.40. The zero-order chi connectivity index (χ0) is 10.6. The van der Waals surface area contributed by atoms with Gasteiger partial charge < -0.3 is 16.8 Å². The molecule has 1 aromatic rings. The summed E-state index contributed by atoms with van der Waals surface area (Å²) in [7, 11) is 0. The fraction of sp³-hybridized carbons (Fsp3) is 0.250. The van der Waals surface area contributed by atoms with Crippen LogP contribution in [0.5, 0.6) is 0 Å². The number of carbonyl (C=O) groups is 2. The van der Waals surface area contributed by atoms with Crippen LogP contribution in [0.15, 0.2) is 11.4 Å². The van der Waals surface area contributed by atoms with Crippen LogP contribution in [0.25, 0.3) is 0 Å². The number of nitrogens with two attached hydrogens (primary N) is 2. The zero-order valence-corrected chi connectivity index (χ0v) is 8.26. The summed E-state index contributed by atoms with van der Waals surface area (Å²) in [4.78, 5) is 22.5. The third-order valence-corrected chi connectivity index (χ3v) is 2.47. The first-order valence-electron chi connectivity index (χ1n) is 4.01. The van der Waals surface area contributed by atoms with Crippen LogP contribution >= 0.6 is 11.3 Å². The maximum absolute atomic E-state index is 11.3. The van der Waals surface area contributed by atoms with Crippen LogP contribution in [0.4, 0.5) is 0 Å². The molecule has 0 aliphatic rings. The smallest absolute Gasteiger partial charge is 0.261 e. The van der Waals surface area contributed by atoms with Crippen molar-refractivity contribution in [2.24, 2.45) is 11.5 Å². The first kappa shape index (κ1) is 10.7. The number of nitrogens with one attached hydrogen (secondary N) is 1. The molecule has 0 unspecified atom stereocenters. The summed E-state index contributed by atoms with van der Waals surface area (Å²) in [6.45, 7) is 0.808. The van der Waals surface area contributed by atoms with Gasteiger partial charge in [-0.2, -0.15) is 0 Å². The highest BCUT2D eigenvalue weighted by atomic mass is 32.1. The van der Waals surface area contributed by atoms with E-state index in [0.29, 0.717) is 23.5 Å². The molecule has 1 aromatic heterocycles. The lowest BCUT2D eigenvalue weighted by atomic mass is 10.3. The van der Waals surface area contributed by atoms with E-state index in [1.54, 1.807) is 5.38 Å². The van der Waals surface area contributed by atoms with E-state index in [1.807, 2.05) is 0 Å². The molecule has 5 nitrogen and oxygen atoms in total. The second kappa shape index (κ2) is 4.73. The van der Waals surface area contributed by atoms with E-state index in [0.717, 1.165) is 0 Å². The minimum Gasteiger partial charge on any atom is -0.366 e. The lowest BCUT2D eigenvalue weighted by molar-refractivity contribution is 0.0958. The monoisotopic (exact) mass is 213 g/mol. The Kier molecular flexibility index (Phi) is 3.61. The highest BCUT2D eigenvalue weighted by Gasteiger charge is 2.10. The zero-order valence-electron chi connectivity index (χ0n) is 7.45. The summed E-state index contributed by atoms with van der Waals surface area (Å²) in [5.74, 6) is -0.757. The Morgan fingerprint density at radius 1 is 1.50 bits per heavy atom. The molecular formula is C8H11N3O2S. The SMILES string of the molecule is NCCNC(=O)c1cc(C(N)=O)cs1. The lowest BCUT2D eigenvalue weighted by Gasteiger charge is -1.98. The van der Waals surface area contributed by atoms with E-state index in [2.05, 4.69) is 5.32 Å². The predicted molar refractivity (Wildman–Crippen MR) is 54.2 cm³/mol. The molecule has 1 heterocycles. The van der Waals surface area contributed by atoms with E-state index in [9.17, 15) is 9.59 Å². The van der Waals surface area contributed by atoms with Gasteiger partial charge in [0.25, 0.3) is 5.91 Å². The molecule has 0 atom stereocenters. The molecule has 0 fully saturated rings. The maximum Gasteiger partial charge on any atom is 0.261 e. The van der Waals surface area contributed by atoms with E-state index in [1.165, 1.54) is 17.4 Å². The summed E-state index contributed by atoms with van der Waals surface area (Å²) >= 11 is 1.18. The van der Waals surface area contributed by atoms with Gasteiger partial charge in [0, 0.05) is 18.5 Å². The number of rotatable bonds is 4. The number of hydrogen-bond acceptors (Lipinski definition) is 4. The van der Waals surface area contributed by atoms with Gasteiger partial charge in [-0.3, -0.25) is 9.59 Å². The molecule has 0 bridgehead atoms. The number of hydrogen-bond donors (Lipinski definition) is 3. The number of primary amides is 1. The number of thiophene rings is 1. The second-order valence-electron chi connectivity index (χ2n) is 2.61. The van der Waals surface area contributed by atoms with Crippen LogP contribution in [-0.4, -0.2) is 24.9 Å². The van der Waals surface area contributed by atoms with Crippen molar-refractivity contribution in [1.82, 2.24) is 5.32 Å². The third kappa shape index (κ3) is 2.54. The molecule has 0 saturated heterocycles. The highest BCUT2D eigenvalue weighted by molar-refractivity contribution is 7.12. The Morgan fingerprint density at radius 2 is 2.21 bits per heavy atom. The molecule has 5 N–H and O–H groups in total. The normalized spacial score (nSPS) is 9.79. The van der Waals surface area contributed by atoms with Crippen molar-refractivity contribution in [3.05, 3.63) is 21.9 Å². The standard InChI is InChI=1S/C8H11N3O2S/c9-1-2-11-8(13)6-3-5(4-14-6)7(10)12/h3-4H,1-2,9H2,(H2,10,12)(H,11,13). The Bertz CT molecular complexity index is 348. The maximum atomic E-state index is 11.3. The first-order chi connectivity index (χ1) is 6.65. The summed E-state index contributed by atoms with van der Waals surface area (Å²) in [6, 6.07) is 1.47. The fourth-order valence-electron chi connectivity index (χ4n) is 0.857. The van der Waals surface area contributed by atoms with Crippen molar-refractivity contribution in [2.45, 2.75) is 0 Å². The minimum absolute atomic E-state index is 0.229. The largest absolute Gasteiger partial charge is 0.366 e. The van der Waals surface area contributed by atoms with Gasteiger partial charge in [0.15, 0.2) is 0 Å². The van der Waals surface area contributed by atoms with Gasteiger partial charge in [-0.25, -0.2) is 0 Å². The first-order valence-corrected chi connectivity index (χ1v) is 4.89. The van der Waals surface area contributed by atoms with Gasteiger partial charge in [-0.05, 0) is 6.07 Å². The Balaban J connectivity index is 2.66. The molecular weight excluding hydrogens is 202 g/mol. The molecule has 14 heavy (non-hydrogen) atoms. The molecule has 0 aromatic carbocycles. The fourth-order valence-corrected chi connectivity index (χ4v) is 1.67. The van der Waals surface area contributed by atoms with Gasteiger partial charge >= 0.3 is 0 Å². The van der Waals surface area contributed by atoms with Gasteiger partial charge in [0.05, 0.1) is 10.4 Å². The van der Waals surface area contributed by atoms with E-state index in [4.69, 9.17) is 11.5 Å². The Morgan fingerprint density at radius 3 is 2.71 bits per heavy atom. The predicted octanol–water partition coefficient (Wildman–Crippen LogP) is -0.465. The third-order valence-electron chi connectivity index (χ3n) is 1.54. The average Bonchev–Trinajstić information content (AvgIpc) is 2.62. The minimum atomic E-state index is -0.529. The van der Waals surface area contributed by atoms with Crippen molar-refractivity contribution in [1.29, 1.82) is 0 Å². The molecule has 0 spiro atoms. The topological polar surface area (TPSA) is 98.2 Å². The van der Waals surface area contributed by atoms with E-state index >= 15 is 0 Å². The van der Waals surface area contributed by atoms with Crippen LogP contribution in [0.2, 0.25) is 0 Å². The van der Waals surface area contributed by atoms with Crippen molar-refractivity contribution < 1.29 is 9.59 Å². The summed E-state index contributed by atoms with van der Waals surface area (Å²) in [5, 5.41) is 4.15. The average molecular weight is 213 g/mol. The number of amides is 2. The molecule has 0 saturated carbocycles. The molecule has 0 radical (unpaired) electrons. The molecule has 76 valence electrons. The van der Waals surface area contributed by atoms with E-state index < -0.39 is 5.91 Å². The summed E-state index contributed by atoms with van der Waals surface area (Å²) < 4.78 is 0. The van der Waals surface area contributed by atoms with Gasteiger partial charge in [0.2, 0.25) is 5.91 Å². The summed E-state index contributed by atoms with van der Waals surface area (Å²) in [5.41, 5.74) is 10.6. The van der Waals surface area contributed by atoms with Crippen molar-refractivity contribution >= 4 is 23.2 Å². The van der Waals surface area contributed by atoms with Gasteiger partial charge in [-0.15, -0.1) is 11.3 Å².